The minimum absolute atomic E-state index is 0.113. The van der Waals surface area contributed by atoms with Crippen LogP contribution in [0.15, 0.2) is 35.1 Å². The summed E-state index contributed by atoms with van der Waals surface area (Å²) in [5.41, 5.74) is 0.979. The lowest BCUT2D eigenvalue weighted by atomic mass is 10.1. The highest BCUT2D eigenvalue weighted by Gasteiger charge is 2.05. The summed E-state index contributed by atoms with van der Waals surface area (Å²) in [4.78, 5) is 11.7. The lowest BCUT2D eigenvalue weighted by Gasteiger charge is -2.02. The zero-order valence-electron chi connectivity index (χ0n) is 8.38. The summed E-state index contributed by atoms with van der Waals surface area (Å²) in [5, 5.41) is 6.42. The van der Waals surface area contributed by atoms with Gasteiger partial charge in [-0.05, 0) is 17.8 Å². The van der Waals surface area contributed by atoms with Gasteiger partial charge < -0.3 is 5.84 Å². The van der Waals surface area contributed by atoms with Gasteiger partial charge in [-0.3, -0.25) is 9.89 Å². The van der Waals surface area contributed by atoms with Crippen molar-refractivity contribution in [1.29, 1.82) is 0 Å². The van der Waals surface area contributed by atoms with Gasteiger partial charge in [0.1, 0.15) is 5.69 Å². The van der Waals surface area contributed by atoms with Crippen LogP contribution in [0.5, 0.6) is 0 Å². The maximum atomic E-state index is 11.7. The molecule has 0 bridgehead atoms. The smallest absolute Gasteiger partial charge is 0.295 e. The lowest BCUT2D eigenvalue weighted by molar-refractivity contribution is 0.759. The minimum Gasteiger partial charge on any atom is -0.334 e. The van der Waals surface area contributed by atoms with Gasteiger partial charge in [-0.25, -0.2) is 0 Å². The molecule has 0 saturated heterocycles. The van der Waals surface area contributed by atoms with E-state index in [1.165, 1.54) is 0 Å². The van der Waals surface area contributed by atoms with Gasteiger partial charge in [0.25, 0.3) is 5.56 Å². The lowest BCUT2D eigenvalue weighted by Crippen LogP contribution is -2.32. The van der Waals surface area contributed by atoms with Gasteiger partial charge >= 0.3 is 0 Å². The van der Waals surface area contributed by atoms with Crippen LogP contribution < -0.4 is 11.4 Å². The van der Waals surface area contributed by atoms with E-state index in [0.717, 1.165) is 10.2 Å². The number of aromatic nitrogens is 3. The molecule has 6 heteroatoms. The standard InChI is InChI=1S/C10H10N4OS/c11-14-9(15)8(12-13-10(14)16)6-7-4-2-1-3-5-7/h1-5H,6,11H2,(H,13,16). The van der Waals surface area contributed by atoms with E-state index in [2.05, 4.69) is 10.2 Å². The summed E-state index contributed by atoms with van der Waals surface area (Å²) in [5.74, 6) is 5.47. The summed E-state index contributed by atoms with van der Waals surface area (Å²) < 4.78 is 1.00. The van der Waals surface area contributed by atoms with Gasteiger partial charge in [0, 0.05) is 6.42 Å². The number of nitrogens with zero attached hydrogens (tertiary/aromatic N) is 2. The SMILES string of the molecule is Nn1c(=S)[nH]nc(Cc2ccccc2)c1=O. The number of rotatable bonds is 2. The number of nitrogen functional groups attached to an aromatic ring is 1. The fraction of sp³-hybridized carbons (Fsp3) is 0.100. The van der Waals surface area contributed by atoms with Crippen LogP contribution in [0, 0.1) is 4.77 Å². The number of H-pyrrole nitrogens is 1. The molecule has 5 nitrogen and oxygen atoms in total. The van der Waals surface area contributed by atoms with Crippen LogP contribution in [0.3, 0.4) is 0 Å². The molecule has 1 aromatic carbocycles. The molecule has 1 aromatic heterocycles. The van der Waals surface area contributed by atoms with E-state index in [1.807, 2.05) is 30.3 Å². The first-order valence-electron chi connectivity index (χ1n) is 4.68. The van der Waals surface area contributed by atoms with Crippen molar-refractivity contribution in [2.75, 3.05) is 5.84 Å². The molecule has 0 radical (unpaired) electrons. The Kier molecular flexibility index (Phi) is 2.82. The van der Waals surface area contributed by atoms with E-state index in [-0.39, 0.29) is 10.3 Å². The van der Waals surface area contributed by atoms with Gasteiger partial charge in [0.05, 0.1) is 0 Å². The molecule has 2 rings (SSSR count). The van der Waals surface area contributed by atoms with Crippen LogP contribution in [-0.2, 0) is 6.42 Å². The van der Waals surface area contributed by atoms with Crippen LogP contribution in [0.25, 0.3) is 0 Å². The molecule has 0 unspecified atom stereocenters. The Bertz CT molecular complexity index is 602. The molecule has 0 aliphatic carbocycles. The molecular formula is C10H10N4OS. The van der Waals surface area contributed by atoms with Crippen LogP contribution in [-0.4, -0.2) is 14.9 Å². The first-order valence-corrected chi connectivity index (χ1v) is 5.09. The van der Waals surface area contributed by atoms with Crippen LogP contribution >= 0.6 is 12.2 Å². The number of nitrogens with two attached hydrogens (primary N) is 1. The fourth-order valence-corrected chi connectivity index (χ4v) is 1.48. The molecule has 0 amide bonds. The number of benzene rings is 1. The number of nitrogens with one attached hydrogen (secondary N) is 1. The van der Waals surface area contributed by atoms with Crippen molar-refractivity contribution < 1.29 is 0 Å². The second kappa shape index (κ2) is 4.28. The van der Waals surface area contributed by atoms with Crippen LogP contribution in [0.4, 0.5) is 0 Å². The van der Waals surface area contributed by atoms with Crippen LogP contribution in [0.1, 0.15) is 11.3 Å². The molecule has 0 fully saturated rings. The summed E-state index contributed by atoms with van der Waals surface area (Å²) in [6, 6.07) is 9.56. The predicted octanol–water partition coefficient (Wildman–Crippen LogP) is 0.605. The minimum atomic E-state index is -0.368. The zero-order valence-corrected chi connectivity index (χ0v) is 9.20. The zero-order chi connectivity index (χ0) is 11.5. The second-order valence-electron chi connectivity index (χ2n) is 3.31. The van der Waals surface area contributed by atoms with Crippen molar-refractivity contribution in [1.82, 2.24) is 14.9 Å². The van der Waals surface area contributed by atoms with Crippen molar-refractivity contribution in [3.05, 3.63) is 56.7 Å². The summed E-state index contributed by atoms with van der Waals surface area (Å²) in [7, 11) is 0. The largest absolute Gasteiger partial charge is 0.334 e. The molecule has 2 aromatic rings. The van der Waals surface area contributed by atoms with E-state index in [1.54, 1.807) is 0 Å². The number of hydrogen-bond acceptors (Lipinski definition) is 4. The van der Waals surface area contributed by atoms with E-state index in [4.69, 9.17) is 18.1 Å². The molecule has 82 valence electrons. The average molecular weight is 234 g/mol. The molecule has 16 heavy (non-hydrogen) atoms. The van der Waals surface area contributed by atoms with Crippen molar-refractivity contribution in [2.45, 2.75) is 6.42 Å². The summed E-state index contributed by atoms with van der Waals surface area (Å²) >= 11 is 4.78. The maximum Gasteiger partial charge on any atom is 0.295 e. The number of hydrogen-bond donors (Lipinski definition) is 2. The van der Waals surface area contributed by atoms with Gasteiger partial charge in [0.2, 0.25) is 4.77 Å². The third-order valence-corrected chi connectivity index (χ3v) is 2.47. The van der Waals surface area contributed by atoms with Crippen molar-refractivity contribution in [3.63, 3.8) is 0 Å². The molecule has 0 spiro atoms. The van der Waals surface area contributed by atoms with Crippen molar-refractivity contribution in [3.8, 4) is 0 Å². The normalized spacial score (nSPS) is 10.2. The summed E-state index contributed by atoms with van der Waals surface area (Å²) in [6.45, 7) is 0. The highest BCUT2D eigenvalue weighted by Crippen LogP contribution is 2.02. The Morgan fingerprint density at radius 3 is 2.75 bits per heavy atom. The van der Waals surface area contributed by atoms with Crippen molar-refractivity contribution in [2.24, 2.45) is 0 Å². The third-order valence-electron chi connectivity index (χ3n) is 2.19. The van der Waals surface area contributed by atoms with Gasteiger partial charge in [-0.15, -0.1) is 0 Å². The van der Waals surface area contributed by atoms with E-state index >= 15 is 0 Å². The van der Waals surface area contributed by atoms with Crippen molar-refractivity contribution >= 4 is 12.2 Å². The Morgan fingerprint density at radius 1 is 1.38 bits per heavy atom. The molecular weight excluding hydrogens is 224 g/mol. The van der Waals surface area contributed by atoms with Gasteiger partial charge in [-0.1, -0.05) is 30.3 Å². The van der Waals surface area contributed by atoms with Gasteiger partial charge in [0.15, 0.2) is 0 Å². The fourth-order valence-electron chi connectivity index (χ4n) is 1.35. The molecule has 1 heterocycles. The van der Waals surface area contributed by atoms with E-state index in [0.29, 0.717) is 12.1 Å². The average Bonchev–Trinajstić information content (AvgIpc) is 2.31. The highest BCUT2D eigenvalue weighted by atomic mass is 32.1. The topological polar surface area (TPSA) is 76.7 Å². The molecule has 0 atom stereocenters. The van der Waals surface area contributed by atoms with Crippen LogP contribution in [0.2, 0.25) is 0 Å². The van der Waals surface area contributed by atoms with Gasteiger partial charge in [-0.2, -0.15) is 9.77 Å². The Balaban J connectivity index is 2.41. The van der Waals surface area contributed by atoms with E-state index < -0.39 is 0 Å². The number of aromatic amines is 1. The van der Waals surface area contributed by atoms with E-state index in [9.17, 15) is 4.79 Å². The third kappa shape index (κ3) is 2.01. The predicted molar refractivity (Wildman–Crippen MR) is 63.1 cm³/mol. The molecule has 0 aliphatic rings. The first kappa shape index (κ1) is 10.6. The second-order valence-corrected chi connectivity index (χ2v) is 3.70. The Hall–Kier alpha value is -1.95. The molecule has 3 N–H and O–H groups in total. The quantitative estimate of drug-likeness (QED) is 0.589. The Labute approximate surface area is 96.5 Å². The Morgan fingerprint density at radius 2 is 2.06 bits per heavy atom. The molecule has 0 aliphatic heterocycles. The summed E-state index contributed by atoms with van der Waals surface area (Å²) in [6.07, 6.45) is 0.434. The first-order chi connectivity index (χ1) is 7.68. The molecule has 0 saturated carbocycles. The maximum absolute atomic E-state index is 11.7. The highest BCUT2D eigenvalue weighted by molar-refractivity contribution is 7.71. The monoisotopic (exact) mass is 234 g/mol.